The maximum absolute atomic E-state index is 9.79. The summed E-state index contributed by atoms with van der Waals surface area (Å²) < 4.78 is 5.52. The monoisotopic (exact) mass is 279 g/mol. The predicted octanol–water partition coefficient (Wildman–Crippen LogP) is 3.34. The molecule has 3 rings (SSSR count). The van der Waals surface area contributed by atoms with E-state index >= 15 is 0 Å². The molecule has 1 saturated carbocycles. The van der Waals surface area contributed by atoms with Crippen molar-refractivity contribution in [3.05, 3.63) is 35.0 Å². The Bertz CT molecular complexity index is 566. The van der Waals surface area contributed by atoms with Crippen molar-refractivity contribution in [2.24, 2.45) is 5.92 Å². The molecule has 1 heterocycles. The van der Waals surface area contributed by atoms with E-state index in [1.54, 1.807) is 0 Å². The second kappa shape index (κ2) is 5.53. The molecule has 1 aromatic carbocycles. The van der Waals surface area contributed by atoms with Crippen molar-refractivity contribution in [1.29, 1.82) is 0 Å². The van der Waals surface area contributed by atoms with E-state index in [2.05, 4.69) is 5.32 Å². The lowest BCUT2D eigenvalue weighted by molar-refractivity contribution is 0.131. The summed E-state index contributed by atoms with van der Waals surface area (Å²) >= 11 is 6.14. The lowest BCUT2D eigenvalue weighted by Gasteiger charge is -2.14. The van der Waals surface area contributed by atoms with Crippen LogP contribution < -0.4 is 5.32 Å². The molecule has 0 amide bonds. The van der Waals surface area contributed by atoms with Crippen LogP contribution in [0.4, 0.5) is 0 Å². The number of hydrogen-bond donors (Lipinski definition) is 2. The van der Waals surface area contributed by atoms with E-state index in [1.165, 1.54) is 0 Å². The number of para-hydroxylation sites is 1. The van der Waals surface area contributed by atoms with Crippen LogP contribution in [0, 0.1) is 5.92 Å². The fourth-order valence-corrected chi connectivity index (χ4v) is 3.12. The molecule has 102 valence electrons. The zero-order valence-electron chi connectivity index (χ0n) is 10.7. The first-order chi connectivity index (χ1) is 9.25. The van der Waals surface area contributed by atoms with Gasteiger partial charge in [-0.25, -0.2) is 0 Å². The Hall–Kier alpha value is -1.03. The van der Waals surface area contributed by atoms with Crippen molar-refractivity contribution in [2.45, 2.75) is 31.9 Å². The molecule has 2 aromatic rings. The molecule has 1 aliphatic rings. The molecule has 1 fully saturated rings. The number of halogens is 1. The van der Waals surface area contributed by atoms with Crippen molar-refractivity contribution in [1.82, 2.24) is 5.32 Å². The van der Waals surface area contributed by atoms with E-state index in [9.17, 15) is 5.11 Å². The van der Waals surface area contributed by atoms with Crippen molar-refractivity contribution in [3.63, 3.8) is 0 Å². The number of fused-ring (bicyclic) bond motifs is 1. The Morgan fingerprint density at radius 3 is 2.95 bits per heavy atom. The standard InChI is InChI=1S/C15H18ClNO2/c16-15-12(11-5-1-2-7-14(11)19-15)9-17-8-10-4-3-6-13(10)18/h1-2,5,7,10,13,17-18H,3-4,6,8-9H2. The highest BCUT2D eigenvalue weighted by molar-refractivity contribution is 6.30. The number of benzene rings is 1. The van der Waals surface area contributed by atoms with Gasteiger partial charge in [-0.15, -0.1) is 0 Å². The number of aliphatic hydroxyl groups excluding tert-OH is 1. The minimum atomic E-state index is -0.149. The van der Waals surface area contributed by atoms with Gasteiger partial charge in [0.15, 0.2) is 5.22 Å². The second-order valence-electron chi connectivity index (χ2n) is 5.24. The van der Waals surface area contributed by atoms with Gasteiger partial charge in [0.2, 0.25) is 0 Å². The SMILES string of the molecule is OC1CCCC1CNCc1c(Cl)oc2ccccc12. The summed E-state index contributed by atoms with van der Waals surface area (Å²) in [5.41, 5.74) is 1.83. The molecule has 4 heteroatoms. The van der Waals surface area contributed by atoms with Gasteiger partial charge >= 0.3 is 0 Å². The summed E-state index contributed by atoms with van der Waals surface area (Å²) in [6.45, 7) is 1.51. The first-order valence-corrected chi connectivity index (χ1v) is 7.18. The summed E-state index contributed by atoms with van der Waals surface area (Å²) in [6, 6.07) is 7.87. The van der Waals surface area contributed by atoms with Gasteiger partial charge in [0.05, 0.1) is 6.10 Å². The third-order valence-corrected chi connectivity index (χ3v) is 4.28. The van der Waals surface area contributed by atoms with Gasteiger partial charge in [-0.2, -0.15) is 0 Å². The highest BCUT2D eigenvalue weighted by Crippen LogP contribution is 2.30. The maximum Gasteiger partial charge on any atom is 0.199 e. The number of nitrogens with one attached hydrogen (secondary N) is 1. The minimum Gasteiger partial charge on any atom is -0.444 e. The van der Waals surface area contributed by atoms with Gasteiger partial charge in [-0.1, -0.05) is 24.6 Å². The molecular formula is C15H18ClNO2. The molecule has 0 saturated heterocycles. The summed E-state index contributed by atoms with van der Waals surface area (Å²) in [5.74, 6) is 0.372. The van der Waals surface area contributed by atoms with Gasteiger partial charge in [-0.3, -0.25) is 0 Å². The number of rotatable bonds is 4. The summed E-state index contributed by atoms with van der Waals surface area (Å²) in [7, 11) is 0. The van der Waals surface area contributed by atoms with Gasteiger partial charge < -0.3 is 14.8 Å². The van der Waals surface area contributed by atoms with Gasteiger partial charge in [0.1, 0.15) is 5.58 Å². The topological polar surface area (TPSA) is 45.4 Å². The molecule has 2 atom stereocenters. The Labute approximate surface area is 117 Å². The van der Waals surface area contributed by atoms with E-state index in [0.717, 1.165) is 42.3 Å². The van der Waals surface area contributed by atoms with Gasteiger partial charge in [0, 0.05) is 24.0 Å². The number of aliphatic hydroxyl groups is 1. The van der Waals surface area contributed by atoms with E-state index in [-0.39, 0.29) is 6.10 Å². The maximum atomic E-state index is 9.79. The molecule has 3 nitrogen and oxygen atoms in total. The average Bonchev–Trinajstić information content (AvgIpc) is 2.94. The first-order valence-electron chi connectivity index (χ1n) is 6.80. The summed E-state index contributed by atoms with van der Waals surface area (Å²) in [6.07, 6.45) is 3.02. The Morgan fingerprint density at radius 1 is 1.32 bits per heavy atom. The highest BCUT2D eigenvalue weighted by Gasteiger charge is 2.24. The normalized spacial score (nSPS) is 23.3. The predicted molar refractivity (Wildman–Crippen MR) is 76.3 cm³/mol. The van der Waals surface area contributed by atoms with Crippen LogP contribution in [0.25, 0.3) is 11.0 Å². The quantitative estimate of drug-likeness (QED) is 0.902. The van der Waals surface area contributed by atoms with Crippen LogP contribution in [-0.2, 0) is 6.54 Å². The van der Waals surface area contributed by atoms with Gasteiger partial charge in [0.25, 0.3) is 0 Å². The Kier molecular flexibility index (Phi) is 3.78. The second-order valence-corrected chi connectivity index (χ2v) is 5.58. The van der Waals surface area contributed by atoms with Crippen LogP contribution in [0.1, 0.15) is 24.8 Å². The van der Waals surface area contributed by atoms with Crippen molar-refractivity contribution in [3.8, 4) is 0 Å². The highest BCUT2D eigenvalue weighted by atomic mass is 35.5. The largest absolute Gasteiger partial charge is 0.444 e. The molecule has 2 unspecified atom stereocenters. The zero-order valence-corrected chi connectivity index (χ0v) is 11.5. The summed E-state index contributed by atoms with van der Waals surface area (Å²) in [5, 5.41) is 14.7. The van der Waals surface area contributed by atoms with Crippen molar-refractivity contribution < 1.29 is 9.52 Å². The van der Waals surface area contributed by atoms with Crippen LogP contribution in [0.5, 0.6) is 0 Å². The van der Waals surface area contributed by atoms with Crippen LogP contribution in [0.2, 0.25) is 5.22 Å². The van der Waals surface area contributed by atoms with Crippen LogP contribution >= 0.6 is 11.6 Å². The molecule has 1 aliphatic carbocycles. The summed E-state index contributed by atoms with van der Waals surface area (Å²) in [4.78, 5) is 0. The van der Waals surface area contributed by atoms with E-state index < -0.39 is 0 Å². The van der Waals surface area contributed by atoms with E-state index in [1.807, 2.05) is 24.3 Å². The lowest BCUT2D eigenvalue weighted by atomic mass is 10.1. The molecule has 0 bridgehead atoms. The third-order valence-electron chi connectivity index (χ3n) is 3.98. The molecular weight excluding hydrogens is 262 g/mol. The third kappa shape index (κ3) is 2.64. The Morgan fingerprint density at radius 2 is 2.16 bits per heavy atom. The zero-order chi connectivity index (χ0) is 13.2. The molecule has 2 N–H and O–H groups in total. The molecule has 0 radical (unpaired) electrons. The molecule has 19 heavy (non-hydrogen) atoms. The van der Waals surface area contributed by atoms with Crippen LogP contribution in [0.3, 0.4) is 0 Å². The average molecular weight is 280 g/mol. The van der Waals surface area contributed by atoms with Crippen LogP contribution in [0.15, 0.2) is 28.7 Å². The number of hydrogen-bond acceptors (Lipinski definition) is 3. The van der Waals surface area contributed by atoms with E-state index in [4.69, 9.17) is 16.0 Å². The smallest absolute Gasteiger partial charge is 0.199 e. The van der Waals surface area contributed by atoms with Gasteiger partial charge in [-0.05, 0) is 36.4 Å². The fraction of sp³-hybridized carbons (Fsp3) is 0.467. The van der Waals surface area contributed by atoms with Crippen LogP contribution in [-0.4, -0.2) is 17.8 Å². The van der Waals surface area contributed by atoms with Crippen molar-refractivity contribution >= 4 is 22.6 Å². The number of furan rings is 1. The Balaban J connectivity index is 1.66. The first kappa shape index (κ1) is 13.0. The van der Waals surface area contributed by atoms with E-state index in [0.29, 0.717) is 17.7 Å². The lowest BCUT2D eigenvalue weighted by Crippen LogP contribution is -2.27. The molecule has 0 spiro atoms. The minimum absolute atomic E-state index is 0.149. The van der Waals surface area contributed by atoms with Crippen molar-refractivity contribution in [2.75, 3.05) is 6.54 Å². The molecule has 1 aromatic heterocycles. The fourth-order valence-electron chi connectivity index (χ4n) is 2.87. The molecule has 0 aliphatic heterocycles.